The number of hydrazone groups is 1. The third-order valence-corrected chi connectivity index (χ3v) is 4.62. The summed E-state index contributed by atoms with van der Waals surface area (Å²) in [4.78, 5) is 17.9. The number of hydrogen-bond acceptors (Lipinski definition) is 7. The summed E-state index contributed by atoms with van der Waals surface area (Å²) in [5, 5.41) is 11.7. The number of rotatable bonds is 7. The lowest BCUT2D eigenvalue weighted by molar-refractivity contribution is 0.129. The Morgan fingerprint density at radius 2 is 2.16 bits per heavy atom. The maximum absolute atomic E-state index is 14.9. The Kier molecular flexibility index (Phi) is 5.87. The monoisotopic (exact) mass is 423 g/mol. The number of nitrogens with zero attached hydrogens (tertiary/aromatic N) is 6. The van der Waals surface area contributed by atoms with Crippen LogP contribution in [0, 0.1) is 5.82 Å². The zero-order chi connectivity index (χ0) is 21.8. The van der Waals surface area contributed by atoms with Crippen molar-refractivity contribution in [2.45, 2.75) is 32.5 Å². The van der Waals surface area contributed by atoms with Crippen molar-refractivity contribution in [1.29, 1.82) is 0 Å². The van der Waals surface area contributed by atoms with Gasteiger partial charge in [-0.05, 0) is 37.6 Å². The van der Waals surface area contributed by atoms with Crippen molar-refractivity contribution in [3.63, 3.8) is 0 Å². The Labute approximate surface area is 178 Å². The first-order valence-electron chi connectivity index (χ1n) is 9.86. The van der Waals surface area contributed by atoms with Gasteiger partial charge < -0.3 is 10.2 Å². The maximum atomic E-state index is 14.9. The van der Waals surface area contributed by atoms with Crippen LogP contribution in [-0.2, 0) is 11.3 Å². The number of amides is 1. The summed E-state index contributed by atoms with van der Waals surface area (Å²) in [7, 11) is 0. The minimum atomic E-state index is -0.586. The molecule has 0 spiro atoms. The molecular weight excluding hydrogens is 401 g/mol. The van der Waals surface area contributed by atoms with E-state index in [0.29, 0.717) is 17.8 Å². The second kappa shape index (κ2) is 8.90. The number of nitrogens with one attached hydrogen (secondary N) is 1. The van der Waals surface area contributed by atoms with Gasteiger partial charge >= 0.3 is 6.09 Å². The highest BCUT2D eigenvalue weighted by molar-refractivity contribution is 5.90. The Hall–Kier alpha value is -3.82. The third kappa shape index (κ3) is 4.85. The van der Waals surface area contributed by atoms with Crippen molar-refractivity contribution >= 4 is 18.0 Å². The second-order valence-corrected chi connectivity index (χ2v) is 7.42. The number of ether oxygens (including phenoxy) is 1. The fourth-order valence-electron chi connectivity index (χ4n) is 3.16. The van der Waals surface area contributed by atoms with Gasteiger partial charge in [-0.3, -0.25) is 9.88 Å². The highest BCUT2D eigenvalue weighted by Gasteiger charge is 2.34. The highest BCUT2D eigenvalue weighted by atomic mass is 19.1. The summed E-state index contributed by atoms with van der Waals surface area (Å²) in [5.74, 6) is -0.511. The van der Waals surface area contributed by atoms with Crippen LogP contribution in [0.25, 0.3) is 11.1 Å². The Balaban J connectivity index is 1.45. The number of benzene rings is 1. The van der Waals surface area contributed by atoms with E-state index in [4.69, 9.17) is 4.74 Å². The Bertz CT molecular complexity index is 1070. The number of anilines is 1. The lowest BCUT2D eigenvalue weighted by Gasteiger charge is -2.15. The van der Waals surface area contributed by atoms with Crippen LogP contribution in [0.4, 0.5) is 14.9 Å². The number of halogens is 1. The number of cyclic esters (lactones) is 1. The molecule has 10 heteroatoms. The van der Waals surface area contributed by atoms with Crippen LogP contribution in [0.3, 0.4) is 0 Å². The summed E-state index contributed by atoms with van der Waals surface area (Å²) >= 11 is 0. The van der Waals surface area contributed by atoms with Gasteiger partial charge in [0, 0.05) is 24.0 Å². The predicted octanol–water partition coefficient (Wildman–Crippen LogP) is 2.84. The molecule has 1 fully saturated rings. The topological polar surface area (TPSA) is 97.5 Å². The standard InChI is InChI=1S/C21H22FN7O2/c1-14(2)26-25-11-17-5-3-16(10-23-17)15-4-6-20(19(22)9-15)29-13-18(31-21(29)30)12-28-8-7-24-27-28/h3-11,14,18,26H,12-13H2,1-2H3/b25-11+/t18-/m0/s1. The van der Waals surface area contributed by atoms with Crippen molar-refractivity contribution in [2.75, 3.05) is 11.4 Å². The molecule has 1 aromatic carbocycles. The molecule has 0 bridgehead atoms. The van der Waals surface area contributed by atoms with Crippen molar-refractivity contribution in [3.05, 3.63) is 60.4 Å². The molecular formula is C21H22FN7O2. The normalized spacial score (nSPS) is 16.3. The van der Waals surface area contributed by atoms with E-state index in [9.17, 15) is 9.18 Å². The molecule has 9 nitrogen and oxygen atoms in total. The molecule has 160 valence electrons. The van der Waals surface area contributed by atoms with E-state index >= 15 is 0 Å². The molecule has 3 aromatic rings. The zero-order valence-corrected chi connectivity index (χ0v) is 17.1. The first kappa shape index (κ1) is 20.5. The van der Waals surface area contributed by atoms with Crippen LogP contribution in [0.15, 0.2) is 54.0 Å². The van der Waals surface area contributed by atoms with E-state index in [1.165, 1.54) is 11.0 Å². The minimum absolute atomic E-state index is 0.173. The van der Waals surface area contributed by atoms with Crippen molar-refractivity contribution in [3.8, 4) is 11.1 Å². The largest absolute Gasteiger partial charge is 0.442 e. The van der Waals surface area contributed by atoms with Gasteiger partial charge in [0.2, 0.25) is 0 Å². The van der Waals surface area contributed by atoms with Gasteiger partial charge in [0.1, 0.15) is 11.9 Å². The Morgan fingerprint density at radius 1 is 1.32 bits per heavy atom. The van der Waals surface area contributed by atoms with E-state index in [0.717, 1.165) is 5.56 Å². The van der Waals surface area contributed by atoms with Gasteiger partial charge in [-0.15, -0.1) is 5.10 Å². The lowest BCUT2D eigenvalue weighted by Crippen LogP contribution is -2.26. The van der Waals surface area contributed by atoms with Crippen molar-refractivity contribution in [2.24, 2.45) is 5.10 Å². The summed E-state index contributed by atoms with van der Waals surface area (Å²) in [6.07, 6.45) is 5.49. The van der Waals surface area contributed by atoms with Gasteiger partial charge in [0.25, 0.3) is 0 Å². The van der Waals surface area contributed by atoms with E-state index in [1.807, 2.05) is 19.9 Å². The number of carbonyl (C=O) groups is 1. The molecule has 3 heterocycles. The van der Waals surface area contributed by atoms with E-state index in [1.54, 1.807) is 47.7 Å². The van der Waals surface area contributed by atoms with Crippen LogP contribution in [0.1, 0.15) is 19.5 Å². The number of pyridine rings is 1. The molecule has 1 atom stereocenters. The number of carbonyl (C=O) groups excluding carboxylic acids is 1. The van der Waals surface area contributed by atoms with Crippen LogP contribution in [0.5, 0.6) is 0 Å². The van der Waals surface area contributed by atoms with Gasteiger partial charge in [-0.1, -0.05) is 17.3 Å². The smallest absolute Gasteiger partial charge is 0.414 e. The van der Waals surface area contributed by atoms with Gasteiger partial charge in [0.15, 0.2) is 0 Å². The fraction of sp³-hybridized carbons (Fsp3) is 0.286. The summed E-state index contributed by atoms with van der Waals surface area (Å²) < 4.78 is 21.8. The maximum Gasteiger partial charge on any atom is 0.414 e. The molecule has 1 aliphatic rings. The number of hydrogen-bond donors (Lipinski definition) is 1. The second-order valence-electron chi connectivity index (χ2n) is 7.42. The average molecular weight is 423 g/mol. The zero-order valence-electron chi connectivity index (χ0n) is 17.1. The molecule has 31 heavy (non-hydrogen) atoms. The molecule has 0 radical (unpaired) electrons. The molecule has 1 aliphatic heterocycles. The molecule has 0 unspecified atom stereocenters. The summed E-state index contributed by atoms with van der Waals surface area (Å²) in [6, 6.07) is 8.60. The predicted molar refractivity (Wildman–Crippen MR) is 113 cm³/mol. The number of aromatic nitrogens is 4. The molecule has 1 N–H and O–H groups in total. The first-order valence-corrected chi connectivity index (χ1v) is 9.86. The van der Waals surface area contributed by atoms with E-state index in [2.05, 4.69) is 25.8 Å². The molecule has 0 saturated carbocycles. The van der Waals surface area contributed by atoms with Crippen molar-refractivity contribution in [1.82, 2.24) is 25.4 Å². The van der Waals surface area contributed by atoms with E-state index in [-0.39, 0.29) is 18.3 Å². The molecule has 4 rings (SSSR count). The van der Waals surface area contributed by atoms with Crippen LogP contribution in [0.2, 0.25) is 0 Å². The van der Waals surface area contributed by atoms with Crippen LogP contribution >= 0.6 is 0 Å². The SMILES string of the molecule is CC(C)N/N=C/c1ccc(-c2ccc(N3C[C@H](Cn4ccnn4)OC3=O)c(F)c2)cn1. The van der Waals surface area contributed by atoms with E-state index < -0.39 is 18.0 Å². The fourth-order valence-corrected chi connectivity index (χ4v) is 3.16. The van der Waals surface area contributed by atoms with Crippen LogP contribution in [-0.4, -0.2) is 51.0 Å². The van der Waals surface area contributed by atoms with Crippen molar-refractivity contribution < 1.29 is 13.9 Å². The van der Waals surface area contributed by atoms with Crippen LogP contribution < -0.4 is 10.3 Å². The summed E-state index contributed by atoms with van der Waals surface area (Å²) in [5.41, 5.74) is 5.20. The molecule has 1 amide bonds. The molecule has 1 saturated heterocycles. The lowest BCUT2D eigenvalue weighted by atomic mass is 10.1. The van der Waals surface area contributed by atoms with Gasteiger partial charge in [-0.2, -0.15) is 5.10 Å². The third-order valence-electron chi connectivity index (χ3n) is 4.62. The van der Waals surface area contributed by atoms with Gasteiger partial charge in [0.05, 0.1) is 36.9 Å². The van der Waals surface area contributed by atoms with Gasteiger partial charge in [-0.25, -0.2) is 13.9 Å². The Morgan fingerprint density at radius 3 is 2.84 bits per heavy atom. The summed E-state index contributed by atoms with van der Waals surface area (Å²) in [6.45, 7) is 4.57. The molecule has 0 aliphatic carbocycles. The average Bonchev–Trinajstić information content (AvgIpc) is 3.38. The minimum Gasteiger partial charge on any atom is -0.442 e. The highest BCUT2D eigenvalue weighted by Crippen LogP contribution is 2.29. The molecule has 2 aromatic heterocycles. The first-order chi connectivity index (χ1) is 15.0. The quantitative estimate of drug-likeness (QED) is 0.464.